The fourth-order valence-corrected chi connectivity index (χ4v) is 1.79. The molecule has 0 radical (unpaired) electrons. The molecule has 2 heterocycles. The van der Waals surface area contributed by atoms with Crippen molar-refractivity contribution in [2.75, 3.05) is 4.72 Å². The summed E-state index contributed by atoms with van der Waals surface area (Å²) in [4.78, 5) is 6.35. The number of rotatable bonds is 3. The number of H-pyrrole nitrogens is 2. The topological polar surface area (TPSA) is 104 Å². The molecule has 74 valence electrons. The van der Waals surface area contributed by atoms with Crippen LogP contribution >= 0.6 is 0 Å². The summed E-state index contributed by atoms with van der Waals surface area (Å²) < 4.78 is 25.3. The average Bonchev–Trinajstić information content (AvgIpc) is 2.71. The van der Waals surface area contributed by atoms with E-state index >= 15 is 0 Å². The highest BCUT2D eigenvalue weighted by atomic mass is 32.2. The fourth-order valence-electron chi connectivity index (χ4n) is 0.896. The van der Waals surface area contributed by atoms with Crippen molar-refractivity contribution in [2.45, 2.75) is 5.03 Å². The van der Waals surface area contributed by atoms with E-state index in [0.29, 0.717) is 0 Å². The molecule has 2 aromatic rings. The van der Waals surface area contributed by atoms with Gasteiger partial charge in [-0.3, -0.25) is 5.10 Å². The Kier molecular flexibility index (Phi) is 1.97. The van der Waals surface area contributed by atoms with Gasteiger partial charge in [-0.15, -0.1) is 0 Å². The number of aromatic amines is 2. The summed E-state index contributed by atoms with van der Waals surface area (Å²) in [5.41, 5.74) is 0. The van der Waals surface area contributed by atoms with E-state index in [-0.39, 0.29) is 11.0 Å². The second kappa shape index (κ2) is 3.14. The summed E-state index contributed by atoms with van der Waals surface area (Å²) in [6.07, 6.45) is 4.33. The van der Waals surface area contributed by atoms with Crippen LogP contribution in [0.2, 0.25) is 0 Å². The molecule has 7 nitrogen and oxygen atoms in total. The summed E-state index contributed by atoms with van der Waals surface area (Å²) in [6, 6.07) is 1.35. The third-order valence-corrected chi connectivity index (χ3v) is 2.76. The molecule has 2 rings (SSSR count). The molecule has 0 aliphatic heterocycles. The minimum atomic E-state index is -3.60. The lowest BCUT2D eigenvalue weighted by Gasteiger charge is -2.01. The summed E-state index contributed by atoms with van der Waals surface area (Å²) in [5, 5.41) is 5.89. The molecule has 14 heavy (non-hydrogen) atoms. The molecule has 0 atom stereocenters. The van der Waals surface area contributed by atoms with E-state index < -0.39 is 10.0 Å². The van der Waals surface area contributed by atoms with E-state index in [2.05, 4.69) is 24.9 Å². The lowest BCUT2D eigenvalue weighted by molar-refractivity contribution is 0.597. The number of hydrogen-bond acceptors (Lipinski definition) is 4. The van der Waals surface area contributed by atoms with Crippen molar-refractivity contribution in [2.24, 2.45) is 0 Å². The summed E-state index contributed by atoms with van der Waals surface area (Å²) in [7, 11) is -3.60. The predicted octanol–water partition coefficient (Wildman–Crippen LogP) is -0.0664. The zero-order valence-electron chi connectivity index (χ0n) is 6.93. The van der Waals surface area contributed by atoms with Crippen molar-refractivity contribution >= 4 is 16.0 Å². The molecule has 3 N–H and O–H groups in total. The van der Waals surface area contributed by atoms with Crippen LogP contribution in [0.1, 0.15) is 0 Å². The maximum absolute atomic E-state index is 11.5. The fraction of sp³-hybridized carbons (Fsp3) is 0. The van der Waals surface area contributed by atoms with Crippen LogP contribution in [0.5, 0.6) is 0 Å². The van der Waals surface area contributed by atoms with Crippen LogP contribution in [0.25, 0.3) is 0 Å². The van der Waals surface area contributed by atoms with Gasteiger partial charge >= 0.3 is 0 Å². The number of nitrogens with zero attached hydrogens (tertiary/aromatic N) is 2. The van der Waals surface area contributed by atoms with Gasteiger partial charge in [0.1, 0.15) is 0 Å². The van der Waals surface area contributed by atoms with E-state index in [1.807, 2.05) is 0 Å². The van der Waals surface area contributed by atoms with Crippen LogP contribution in [0.4, 0.5) is 5.95 Å². The predicted molar refractivity (Wildman–Crippen MR) is 48.0 cm³/mol. The molecule has 0 saturated carbocycles. The maximum Gasteiger partial charge on any atom is 0.281 e. The highest BCUT2D eigenvalue weighted by Crippen LogP contribution is 2.08. The maximum atomic E-state index is 11.5. The standard InChI is InChI=1S/C6H7N5O2S/c12-14(13,5-1-2-9-10-5)11-6-7-3-4-8-6/h1-4H,(H,9,10)(H2,7,8,11). The van der Waals surface area contributed by atoms with Crippen molar-refractivity contribution < 1.29 is 8.42 Å². The average molecular weight is 213 g/mol. The Morgan fingerprint density at radius 2 is 2.21 bits per heavy atom. The third kappa shape index (κ3) is 1.59. The Morgan fingerprint density at radius 3 is 2.79 bits per heavy atom. The van der Waals surface area contributed by atoms with E-state index in [1.54, 1.807) is 0 Å². The van der Waals surface area contributed by atoms with Crippen LogP contribution in [-0.4, -0.2) is 28.6 Å². The number of aromatic nitrogens is 4. The van der Waals surface area contributed by atoms with Crippen molar-refractivity contribution in [3.05, 3.63) is 24.7 Å². The van der Waals surface area contributed by atoms with Gasteiger partial charge in [-0.2, -0.15) is 13.5 Å². The first-order valence-electron chi connectivity index (χ1n) is 3.70. The summed E-state index contributed by atoms with van der Waals surface area (Å²) >= 11 is 0. The van der Waals surface area contributed by atoms with Crippen molar-refractivity contribution in [1.29, 1.82) is 0 Å². The van der Waals surface area contributed by atoms with Crippen LogP contribution < -0.4 is 4.72 Å². The molecule has 0 saturated heterocycles. The molecule has 0 aromatic carbocycles. The Bertz CT molecular complexity index is 486. The van der Waals surface area contributed by atoms with Gasteiger partial charge in [-0.1, -0.05) is 0 Å². The molecule has 0 bridgehead atoms. The van der Waals surface area contributed by atoms with Crippen molar-refractivity contribution in [1.82, 2.24) is 20.2 Å². The van der Waals surface area contributed by atoms with E-state index in [1.165, 1.54) is 24.7 Å². The van der Waals surface area contributed by atoms with Crippen LogP contribution in [0, 0.1) is 0 Å². The molecule has 2 aromatic heterocycles. The van der Waals surface area contributed by atoms with Gasteiger partial charge in [0.05, 0.1) is 6.20 Å². The zero-order chi connectivity index (χ0) is 10.0. The van der Waals surface area contributed by atoms with Gasteiger partial charge in [0.25, 0.3) is 10.0 Å². The Labute approximate surface area is 79.6 Å². The van der Waals surface area contributed by atoms with Crippen LogP contribution in [-0.2, 0) is 10.0 Å². The monoisotopic (exact) mass is 213 g/mol. The second-order valence-corrected chi connectivity index (χ2v) is 4.11. The van der Waals surface area contributed by atoms with Gasteiger partial charge in [0.15, 0.2) is 5.03 Å². The lowest BCUT2D eigenvalue weighted by atomic mass is 10.8. The van der Waals surface area contributed by atoms with Gasteiger partial charge in [-0.05, 0) is 6.07 Å². The minimum absolute atomic E-state index is 0.00565. The largest absolute Gasteiger partial charge is 0.330 e. The van der Waals surface area contributed by atoms with Gasteiger partial charge in [0.2, 0.25) is 5.95 Å². The molecular formula is C6H7N5O2S. The van der Waals surface area contributed by atoms with E-state index in [4.69, 9.17) is 0 Å². The number of imidazole rings is 1. The van der Waals surface area contributed by atoms with Crippen molar-refractivity contribution in [3.63, 3.8) is 0 Å². The van der Waals surface area contributed by atoms with E-state index in [9.17, 15) is 8.42 Å². The zero-order valence-corrected chi connectivity index (χ0v) is 7.75. The number of hydrogen-bond donors (Lipinski definition) is 3. The van der Waals surface area contributed by atoms with Gasteiger partial charge in [0, 0.05) is 12.4 Å². The smallest absolute Gasteiger partial charge is 0.281 e. The highest BCUT2D eigenvalue weighted by Gasteiger charge is 2.15. The molecule has 0 spiro atoms. The van der Waals surface area contributed by atoms with E-state index in [0.717, 1.165) is 0 Å². The molecule has 0 amide bonds. The first-order chi connectivity index (χ1) is 6.68. The van der Waals surface area contributed by atoms with Gasteiger partial charge < -0.3 is 4.98 Å². The summed E-state index contributed by atoms with van der Waals surface area (Å²) in [5.74, 6) is 0.166. The normalized spacial score (nSPS) is 11.4. The number of sulfonamides is 1. The second-order valence-electron chi connectivity index (χ2n) is 2.46. The number of anilines is 1. The Hall–Kier alpha value is -1.83. The number of nitrogens with one attached hydrogen (secondary N) is 3. The first kappa shape index (κ1) is 8.75. The molecule has 0 unspecified atom stereocenters. The molecule has 0 aliphatic rings. The molecular weight excluding hydrogens is 206 g/mol. The molecule has 0 aliphatic carbocycles. The summed E-state index contributed by atoms with van der Waals surface area (Å²) in [6.45, 7) is 0. The van der Waals surface area contributed by atoms with Crippen molar-refractivity contribution in [3.8, 4) is 0 Å². The minimum Gasteiger partial charge on any atom is -0.330 e. The Balaban J connectivity index is 2.27. The SMILES string of the molecule is O=S(=O)(Nc1ncc[nH]1)c1ccn[nH]1. The third-order valence-electron chi connectivity index (χ3n) is 1.49. The van der Waals surface area contributed by atoms with Crippen LogP contribution in [0.3, 0.4) is 0 Å². The highest BCUT2D eigenvalue weighted by molar-refractivity contribution is 7.92. The lowest BCUT2D eigenvalue weighted by Crippen LogP contribution is -2.14. The quantitative estimate of drug-likeness (QED) is 0.664. The molecule has 8 heteroatoms. The first-order valence-corrected chi connectivity index (χ1v) is 5.18. The Morgan fingerprint density at radius 1 is 1.36 bits per heavy atom. The van der Waals surface area contributed by atoms with Gasteiger partial charge in [-0.25, -0.2) is 9.71 Å². The molecule has 0 fully saturated rings. The van der Waals surface area contributed by atoms with Crippen LogP contribution in [0.15, 0.2) is 29.7 Å².